The lowest BCUT2D eigenvalue weighted by molar-refractivity contribution is -0.125. The molecule has 1 aliphatic rings. The van der Waals surface area contributed by atoms with E-state index in [1.54, 1.807) is 36.4 Å². The predicted octanol–water partition coefficient (Wildman–Crippen LogP) is 3.20. The Morgan fingerprint density at radius 3 is 2.29 bits per heavy atom. The molecule has 2 amide bonds. The minimum atomic E-state index is -3.48. The molecule has 9 heteroatoms. The van der Waals surface area contributed by atoms with Crippen molar-refractivity contribution in [1.82, 2.24) is 9.62 Å². The van der Waals surface area contributed by atoms with Crippen LogP contribution in [0.25, 0.3) is 0 Å². The minimum absolute atomic E-state index is 0.0240. The zero-order valence-electron chi connectivity index (χ0n) is 19.2. The SMILES string of the molecule is N#CCCN(C(=O)CCC(=O)NCc1ccc(S(=O)(=O)N2CCCCC2)cc1)c1ccccc1. The van der Waals surface area contributed by atoms with E-state index in [1.165, 1.54) is 9.21 Å². The molecule has 0 unspecified atom stereocenters. The number of amides is 2. The van der Waals surface area contributed by atoms with Crippen molar-refractivity contribution in [3.8, 4) is 6.07 Å². The van der Waals surface area contributed by atoms with Gasteiger partial charge in [-0.2, -0.15) is 9.57 Å². The number of benzene rings is 2. The summed E-state index contributed by atoms with van der Waals surface area (Å²) < 4.78 is 27.0. The van der Waals surface area contributed by atoms with E-state index in [-0.39, 0.29) is 49.1 Å². The van der Waals surface area contributed by atoms with E-state index < -0.39 is 10.0 Å². The molecule has 0 aromatic heterocycles. The van der Waals surface area contributed by atoms with Crippen LogP contribution < -0.4 is 10.2 Å². The van der Waals surface area contributed by atoms with Crippen LogP contribution in [0.15, 0.2) is 59.5 Å². The first kappa shape index (κ1) is 25.4. The normalized spacial score (nSPS) is 14.2. The smallest absolute Gasteiger partial charge is 0.243 e. The second kappa shape index (κ2) is 12.3. The number of rotatable bonds is 10. The number of anilines is 1. The fraction of sp³-hybridized carbons (Fsp3) is 0.400. The zero-order chi connectivity index (χ0) is 24.4. The van der Waals surface area contributed by atoms with Crippen LogP contribution in [0.3, 0.4) is 0 Å². The van der Waals surface area contributed by atoms with Crippen molar-refractivity contribution in [2.45, 2.75) is 50.0 Å². The van der Waals surface area contributed by atoms with Gasteiger partial charge >= 0.3 is 0 Å². The van der Waals surface area contributed by atoms with Gasteiger partial charge < -0.3 is 10.2 Å². The fourth-order valence-electron chi connectivity index (χ4n) is 3.85. The number of carbonyl (C=O) groups excluding carboxylic acids is 2. The standard InChI is InChI=1S/C25H30N4O4S/c26-16-7-19-29(22-8-3-1-4-9-22)25(31)15-14-24(30)27-20-21-10-12-23(13-11-21)34(32,33)28-17-5-2-6-18-28/h1,3-4,8-13H,2,5-7,14-15,17-20H2,(H,27,30). The molecule has 1 N–H and O–H groups in total. The van der Waals surface area contributed by atoms with Crippen molar-refractivity contribution >= 4 is 27.5 Å². The molecule has 0 aliphatic carbocycles. The molecule has 2 aromatic carbocycles. The Hall–Kier alpha value is -3.22. The number of carbonyl (C=O) groups is 2. The van der Waals surface area contributed by atoms with E-state index in [0.29, 0.717) is 18.8 Å². The third-order valence-corrected chi connectivity index (χ3v) is 7.66. The quantitative estimate of drug-likeness (QED) is 0.559. The summed E-state index contributed by atoms with van der Waals surface area (Å²) in [5.41, 5.74) is 1.47. The van der Waals surface area contributed by atoms with Crippen LogP contribution in [0.2, 0.25) is 0 Å². The van der Waals surface area contributed by atoms with Gasteiger partial charge in [-0.15, -0.1) is 0 Å². The van der Waals surface area contributed by atoms with Crippen LogP contribution in [-0.2, 0) is 26.2 Å². The largest absolute Gasteiger partial charge is 0.352 e. The van der Waals surface area contributed by atoms with E-state index in [4.69, 9.17) is 5.26 Å². The molecular weight excluding hydrogens is 452 g/mol. The van der Waals surface area contributed by atoms with Gasteiger partial charge in [0.1, 0.15) is 0 Å². The van der Waals surface area contributed by atoms with Gasteiger partial charge in [-0.05, 0) is 42.7 Å². The molecule has 1 saturated heterocycles. The molecule has 1 aliphatic heterocycles. The summed E-state index contributed by atoms with van der Waals surface area (Å²) >= 11 is 0. The Kier molecular flexibility index (Phi) is 9.19. The maximum absolute atomic E-state index is 12.7. The monoisotopic (exact) mass is 482 g/mol. The molecule has 0 radical (unpaired) electrons. The van der Waals surface area contributed by atoms with Gasteiger partial charge in [-0.1, -0.05) is 36.8 Å². The van der Waals surface area contributed by atoms with Crippen LogP contribution in [0.5, 0.6) is 0 Å². The highest BCUT2D eigenvalue weighted by atomic mass is 32.2. The molecule has 3 rings (SSSR count). The van der Waals surface area contributed by atoms with Crippen LogP contribution in [0.1, 0.15) is 44.1 Å². The number of hydrogen-bond acceptors (Lipinski definition) is 5. The summed E-state index contributed by atoms with van der Waals surface area (Å²) in [5.74, 6) is -0.490. The fourth-order valence-corrected chi connectivity index (χ4v) is 5.36. The van der Waals surface area contributed by atoms with E-state index in [1.807, 2.05) is 24.3 Å². The molecule has 2 aromatic rings. The molecule has 34 heavy (non-hydrogen) atoms. The maximum Gasteiger partial charge on any atom is 0.243 e. The Balaban J connectivity index is 1.49. The molecular formula is C25H30N4O4S. The van der Waals surface area contributed by atoms with E-state index >= 15 is 0 Å². The highest BCUT2D eigenvalue weighted by molar-refractivity contribution is 7.89. The molecule has 0 saturated carbocycles. The van der Waals surface area contributed by atoms with Crippen molar-refractivity contribution in [1.29, 1.82) is 5.26 Å². The topological polar surface area (TPSA) is 111 Å². The molecule has 1 heterocycles. The van der Waals surface area contributed by atoms with Crippen molar-refractivity contribution in [3.05, 3.63) is 60.2 Å². The Morgan fingerprint density at radius 1 is 0.971 bits per heavy atom. The maximum atomic E-state index is 12.7. The molecule has 0 bridgehead atoms. The number of nitriles is 1. The Morgan fingerprint density at radius 2 is 1.65 bits per heavy atom. The minimum Gasteiger partial charge on any atom is -0.352 e. The Labute approximate surface area is 201 Å². The van der Waals surface area contributed by atoms with Gasteiger partial charge in [0.05, 0.1) is 17.4 Å². The lowest BCUT2D eigenvalue weighted by Gasteiger charge is -2.25. The van der Waals surface area contributed by atoms with Gasteiger partial charge in [0.25, 0.3) is 0 Å². The molecule has 1 fully saturated rings. The van der Waals surface area contributed by atoms with Crippen LogP contribution in [0.4, 0.5) is 5.69 Å². The number of hydrogen-bond donors (Lipinski definition) is 1. The van der Waals surface area contributed by atoms with Crippen molar-refractivity contribution < 1.29 is 18.0 Å². The lowest BCUT2D eigenvalue weighted by atomic mass is 10.2. The number of para-hydroxylation sites is 1. The van der Waals surface area contributed by atoms with Gasteiger partial charge in [0.2, 0.25) is 21.8 Å². The summed E-state index contributed by atoms with van der Waals surface area (Å²) in [7, 11) is -3.48. The average molecular weight is 483 g/mol. The second-order valence-electron chi connectivity index (χ2n) is 8.17. The molecule has 180 valence electrons. The van der Waals surface area contributed by atoms with Gasteiger partial charge in [0.15, 0.2) is 0 Å². The highest BCUT2D eigenvalue weighted by Gasteiger charge is 2.25. The zero-order valence-corrected chi connectivity index (χ0v) is 20.0. The molecule has 8 nitrogen and oxygen atoms in total. The lowest BCUT2D eigenvalue weighted by Crippen LogP contribution is -2.35. The van der Waals surface area contributed by atoms with Gasteiger partial charge in [-0.3, -0.25) is 9.59 Å². The van der Waals surface area contributed by atoms with Crippen LogP contribution in [0, 0.1) is 11.3 Å². The van der Waals surface area contributed by atoms with E-state index in [0.717, 1.165) is 24.8 Å². The summed E-state index contributed by atoms with van der Waals surface area (Å²) in [6, 6.07) is 17.7. The van der Waals surface area contributed by atoms with Crippen molar-refractivity contribution in [2.75, 3.05) is 24.5 Å². The second-order valence-corrected chi connectivity index (χ2v) is 10.1. The third-order valence-electron chi connectivity index (χ3n) is 5.75. The summed E-state index contributed by atoms with van der Waals surface area (Å²) in [5, 5.41) is 11.7. The number of nitrogens with one attached hydrogen (secondary N) is 1. The number of nitrogens with zero attached hydrogens (tertiary/aromatic N) is 3. The van der Waals surface area contributed by atoms with Crippen molar-refractivity contribution in [3.63, 3.8) is 0 Å². The van der Waals surface area contributed by atoms with E-state index in [9.17, 15) is 18.0 Å². The molecule has 0 spiro atoms. The molecule has 0 atom stereocenters. The highest BCUT2D eigenvalue weighted by Crippen LogP contribution is 2.21. The number of sulfonamides is 1. The first-order chi connectivity index (χ1) is 16.4. The first-order valence-corrected chi connectivity index (χ1v) is 12.9. The summed E-state index contributed by atoms with van der Waals surface area (Å²) in [6.45, 7) is 1.62. The summed E-state index contributed by atoms with van der Waals surface area (Å²) in [6.07, 6.45) is 3.08. The van der Waals surface area contributed by atoms with Crippen LogP contribution >= 0.6 is 0 Å². The third kappa shape index (κ3) is 6.89. The van der Waals surface area contributed by atoms with Crippen LogP contribution in [-0.4, -0.2) is 44.2 Å². The Bertz CT molecular complexity index is 1110. The summed E-state index contributed by atoms with van der Waals surface area (Å²) in [4.78, 5) is 26.7. The van der Waals surface area contributed by atoms with Gasteiger partial charge in [-0.25, -0.2) is 8.42 Å². The van der Waals surface area contributed by atoms with E-state index in [2.05, 4.69) is 5.32 Å². The first-order valence-electron chi connectivity index (χ1n) is 11.5. The van der Waals surface area contributed by atoms with Gasteiger partial charge in [0, 0.05) is 44.7 Å². The number of piperidine rings is 1. The van der Waals surface area contributed by atoms with Crippen molar-refractivity contribution in [2.24, 2.45) is 0 Å². The predicted molar refractivity (Wildman–Crippen MR) is 129 cm³/mol. The average Bonchev–Trinajstić information content (AvgIpc) is 2.88.